The van der Waals surface area contributed by atoms with E-state index in [0.717, 1.165) is 31.4 Å². The molecule has 5 nitrogen and oxygen atoms in total. The Labute approximate surface area is 127 Å². The van der Waals surface area contributed by atoms with Crippen LogP contribution in [0.5, 0.6) is 0 Å². The first-order valence-corrected chi connectivity index (χ1v) is 8.14. The number of nitrogens with zero attached hydrogens (tertiary/aromatic N) is 1. The van der Waals surface area contributed by atoms with E-state index in [1.165, 1.54) is 18.4 Å². The van der Waals surface area contributed by atoms with Crippen molar-refractivity contribution >= 4 is 6.09 Å². The van der Waals surface area contributed by atoms with Gasteiger partial charge in [-0.05, 0) is 31.3 Å². The molecule has 1 aliphatic heterocycles. The van der Waals surface area contributed by atoms with E-state index >= 15 is 0 Å². The van der Waals surface area contributed by atoms with Crippen molar-refractivity contribution in [1.29, 1.82) is 0 Å². The molecule has 0 aromatic carbocycles. The van der Waals surface area contributed by atoms with Gasteiger partial charge in [0, 0.05) is 7.05 Å². The van der Waals surface area contributed by atoms with Gasteiger partial charge in [0.2, 0.25) is 0 Å². The van der Waals surface area contributed by atoms with Crippen molar-refractivity contribution in [1.82, 2.24) is 4.90 Å². The molecule has 0 unspecified atom stereocenters. The highest BCUT2D eigenvalue weighted by Crippen LogP contribution is 2.42. The van der Waals surface area contributed by atoms with Crippen molar-refractivity contribution in [3.05, 3.63) is 11.3 Å². The summed E-state index contributed by atoms with van der Waals surface area (Å²) >= 11 is 0. The van der Waals surface area contributed by atoms with E-state index in [-0.39, 0.29) is 17.7 Å². The number of carbonyl (C=O) groups is 1. The normalized spacial score (nSPS) is 26.1. The SMILES string of the molecule is CC.CN1C[C@H](COC(=C2CC2)C2(N)CCCC2)OC1=O. The minimum Gasteiger partial charge on any atom is -0.492 e. The zero-order chi connectivity index (χ0) is 15.5. The standard InChI is InChI=1S/C14H22N2O3.C2H6/c1-16-8-11(19-13(16)17)9-18-12(10-4-5-10)14(15)6-2-3-7-14;1-2/h11H,2-9,15H2,1H3;1-2H3/t11-;/m1./s1. The maximum absolute atomic E-state index is 11.3. The molecule has 1 atom stereocenters. The van der Waals surface area contributed by atoms with Crippen LogP contribution >= 0.6 is 0 Å². The first-order chi connectivity index (χ1) is 10.1. The minimum atomic E-state index is -0.266. The molecular formula is C16H28N2O3. The van der Waals surface area contributed by atoms with Gasteiger partial charge in [0.1, 0.15) is 12.4 Å². The number of ether oxygens (including phenoxy) is 2. The van der Waals surface area contributed by atoms with E-state index in [1.807, 2.05) is 13.8 Å². The van der Waals surface area contributed by atoms with Gasteiger partial charge in [-0.3, -0.25) is 0 Å². The highest BCUT2D eigenvalue weighted by Gasteiger charge is 2.40. The molecule has 1 amide bonds. The molecule has 0 spiro atoms. The van der Waals surface area contributed by atoms with Gasteiger partial charge in [-0.1, -0.05) is 26.7 Å². The van der Waals surface area contributed by atoms with Crippen LogP contribution in [-0.4, -0.2) is 42.8 Å². The first-order valence-electron chi connectivity index (χ1n) is 8.14. The van der Waals surface area contributed by atoms with E-state index in [2.05, 4.69) is 0 Å². The van der Waals surface area contributed by atoms with Crippen molar-refractivity contribution in [2.75, 3.05) is 20.2 Å². The summed E-state index contributed by atoms with van der Waals surface area (Å²) in [4.78, 5) is 12.9. The molecule has 0 aromatic rings. The summed E-state index contributed by atoms with van der Waals surface area (Å²) in [6.07, 6.45) is 6.16. The molecule has 0 bridgehead atoms. The quantitative estimate of drug-likeness (QED) is 0.810. The Balaban J connectivity index is 0.000000774. The van der Waals surface area contributed by atoms with Crippen molar-refractivity contribution < 1.29 is 14.3 Å². The summed E-state index contributed by atoms with van der Waals surface area (Å²) in [6.45, 7) is 5.02. The summed E-state index contributed by atoms with van der Waals surface area (Å²) < 4.78 is 11.2. The van der Waals surface area contributed by atoms with Crippen LogP contribution in [0.1, 0.15) is 52.4 Å². The Kier molecular flexibility index (Phi) is 5.14. The molecular weight excluding hydrogens is 268 g/mol. The number of carbonyl (C=O) groups excluding carboxylic acids is 1. The summed E-state index contributed by atoms with van der Waals surface area (Å²) in [5.74, 6) is 0.996. The largest absolute Gasteiger partial charge is 0.492 e. The molecule has 2 saturated carbocycles. The number of cyclic esters (lactones) is 1. The van der Waals surface area contributed by atoms with Gasteiger partial charge in [0.05, 0.1) is 12.1 Å². The predicted molar refractivity (Wildman–Crippen MR) is 81.8 cm³/mol. The van der Waals surface area contributed by atoms with Crippen molar-refractivity contribution in [2.45, 2.75) is 64.0 Å². The van der Waals surface area contributed by atoms with Gasteiger partial charge in [0.15, 0.2) is 6.10 Å². The fourth-order valence-electron chi connectivity index (χ4n) is 3.03. The third-order valence-corrected chi connectivity index (χ3v) is 4.24. The van der Waals surface area contributed by atoms with Gasteiger partial charge in [-0.2, -0.15) is 0 Å². The molecule has 2 N–H and O–H groups in total. The smallest absolute Gasteiger partial charge is 0.410 e. The molecule has 1 heterocycles. The number of hydrogen-bond donors (Lipinski definition) is 1. The highest BCUT2D eigenvalue weighted by molar-refractivity contribution is 5.69. The number of amides is 1. The highest BCUT2D eigenvalue weighted by atomic mass is 16.6. The fraction of sp³-hybridized carbons (Fsp3) is 0.812. The van der Waals surface area contributed by atoms with Crippen LogP contribution in [-0.2, 0) is 9.47 Å². The Hall–Kier alpha value is -1.23. The van der Waals surface area contributed by atoms with Gasteiger partial charge in [-0.25, -0.2) is 4.79 Å². The minimum absolute atomic E-state index is 0.170. The lowest BCUT2D eigenvalue weighted by Crippen LogP contribution is -2.40. The zero-order valence-corrected chi connectivity index (χ0v) is 13.5. The summed E-state index contributed by atoms with van der Waals surface area (Å²) in [5, 5.41) is 0. The average molecular weight is 296 g/mol. The Morgan fingerprint density at radius 2 is 2.00 bits per heavy atom. The third kappa shape index (κ3) is 3.70. The zero-order valence-electron chi connectivity index (χ0n) is 13.5. The maximum Gasteiger partial charge on any atom is 0.410 e. The lowest BCUT2D eigenvalue weighted by molar-refractivity contribution is 0.0635. The third-order valence-electron chi connectivity index (χ3n) is 4.24. The Morgan fingerprint density at radius 1 is 1.38 bits per heavy atom. The van der Waals surface area contributed by atoms with E-state index < -0.39 is 0 Å². The molecule has 3 rings (SSSR count). The maximum atomic E-state index is 11.3. The molecule has 3 aliphatic rings. The van der Waals surface area contributed by atoms with Crippen LogP contribution in [0.2, 0.25) is 0 Å². The van der Waals surface area contributed by atoms with Crippen LogP contribution in [0.15, 0.2) is 11.3 Å². The van der Waals surface area contributed by atoms with Crippen molar-refractivity contribution in [3.63, 3.8) is 0 Å². The van der Waals surface area contributed by atoms with Crippen molar-refractivity contribution in [2.24, 2.45) is 5.73 Å². The molecule has 2 aliphatic carbocycles. The van der Waals surface area contributed by atoms with Crippen LogP contribution in [0.4, 0.5) is 4.79 Å². The second-order valence-corrected chi connectivity index (χ2v) is 5.99. The monoisotopic (exact) mass is 296 g/mol. The number of rotatable bonds is 4. The average Bonchev–Trinajstić information content (AvgIpc) is 3.13. The molecule has 120 valence electrons. The summed E-state index contributed by atoms with van der Waals surface area (Å²) in [7, 11) is 1.74. The van der Waals surface area contributed by atoms with Crippen LogP contribution in [0.25, 0.3) is 0 Å². The second-order valence-electron chi connectivity index (χ2n) is 5.99. The van der Waals surface area contributed by atoms with Crippen LogP contribution < -0.4 is 5.73 Å². The topological polar surface area (TPSA) is 64.8 Å². The fourth-order valence-corrected chi connectivity index (χ4v) is 3.03. The number of nitrogens with two attached hydrogens (primary N) is 1. The molecule has 21 heavy (non-hydrogen) atoms. The van der Waals surface area contributed by atoms with Gasteiger partial charge >= 0.3 is 6.09 Å². The molecule has 1 saturated heterocycles. The van der Waals surface area contributed by atoms with E-state index in [9.17, 15) is 4.79 Å². The lowest BCUT2D eigenvalue weighted by Gasteiger charge is -2.28. The van der Waals surface area contributed by atoms with E-state index in [1.54, 1.807) is 11.9 Å². The number of hydrogen-bond acceptors (Lipinski definition) is 4. The van der Waals surface area contributed by atoms with Gasteiger partial charge < -0.3 is 20.1 Å². The first kappa shape index (κ1) is 16.1. The van der Waals surface area contributed by atoms with Crippen molar-refractivity contribution in [3.8, 4) is 0 Å². The summed E-state index contributed by atoms with van der Waals surface area (Å²) in [6, 6.07) is 0. The number of likely N-dealkylation sites (N-methyl/N-ethyl adjacent to an activating group) is 1. The van der Waals surface area contributed by atoms with E-state index in [4.69, 9.17) is 15.2 Å². The molecule has 3 fully saturated rings. The van der Waals surface area contributed by atoms with Crippen LogP contribution in [0, 0.1) is 0 Å². The van der Waals surface area contributed by atoms with Gasteiger partial charge in [0.25, 0.3) is 0 Å². The van der Waals surface area contributed by atoms with Crippen LogP contribution in [0.3, 0.4) is 0 Å². The molecule has 5 heteroatoms. The van der Waals surface area contributed by atoms with E-state index in [0.29, 0.717) is 13.2 Å². The molecule has 0 radical (unpaired) electrons. The lowest BCUT2D eigenvalue weighted by atomic mass is 9.95. The Bertz CT molecular complexity index is 408. The number of allylic oxidation sites excluding steroid dienone is 1. The molecule has 0 aromatic heterocycles. The van der Waals surface area contributed by atoms with Gasteiger partial charge in [-0.15, -0.1) is 0 Å². The Morgan fingerprint density at radius 3 is 2.48 bits per heavy atom. The second kappa shape index (κ2) is 6.69. The predicted octanol–water partition coefficient (Wildman–Crippen LogP) is 2.80. The summed E-state index contributed by atoms with van der Waals surface area (Å²) in [5.41, 5.74) is 7.58.